The molecule has 0 radical (unpaired) electrons. The molecule has 12 heavy (non-hydrogen) atoms. The molecule has 1 saturated heterocycles. The fourth-order valence-electron chi connectivity index (χ4n) is 2.12. The molecular weight excluding hydrogens is 155 g/mol. The van der Waals surface area contributed by atoms with Crippen LogP contribution in [0.15, 0.2) is 0 Å². The number of nitrogens with zero attached hydrogens (tertiary/aromatic N) is 2. The van der Waals surface area contributed by atoms with Crippen LogP contribution in [0.3, 0.4) is 0 Å². The van der Waals surface area contributed by atoms with Crippen LogP contribution >= 0.6 is 0 Å². The molecule has 0 unspecified atom stereocenters. The molecule has 0 amide bonds. The molecule has 0 aromatic heterocycles. The summed E-state index contributed by atoms with van der Waals surface area (Å²) in [5.74, 6) is 0. The Hall–Kier alpha value is -0.620. The second-order valence-electron chi connectivity index (χ2n) is 3.83. The van der Waals surface area contributed by atoms with E-state index in [0.29, 0.717) is 13.0 Å². The molecule has 0 spiro atoms. The van der Waals surface area contributed by atoms with Crippen LogP contribution in [0.25, 0.3) is 0 Å². The van der Waals surface area contributed by atoms with E-state index in [-0.39, 0.29) is 5.54 Å². The van der Waals surface area contributed by atoms with Gasteiger partial charge in [0.15, 0.2) is 0 Å². The minimum absolute atomic E-state index is 0.277. The fraction of sp³-hybridized carbons (Fsp3) is 0.889. The van der Waals surface area contributed by atoms with Crippen molar-refractivity contribution in [1.82, 2.24) is 4.90 Å². The molecule has 2 fully saturated rings. The summed E-state index contributed by atoms with van der Waals surface area (Å²) in [6.07, 6.45) is 2.92. The van der Waals surface area contributed by atoms with Gasteiger partial charge in [-0.15, -0.1) is 0 Å². The summed E-state index contributed by atoms with van der Waals surface area (Å²) in [6.45, 7) is 1.25. The summed E-state index contributed by atoms with van der Waals surface area (Å²) in [5.41, 5.74) is -0.277. The predicted molar refractivity (Wildman–Crippen MR) is 43.3 cm³/mol. The summed E-state index contributed by atoms with van der Waals surface area (Å²) in [5, 5.41) is 8.97. The van der Waals surface area contributed by atoms with Crippen LogP contribution in [0.2, 0.25) is 0 Å². The molecule has 2 aliphatic rings. The highest BCUT2D eigenvalue weighted by Crippen LogP contribution is 2.39. The fourth-order valence-corrected chi connectivity index (χ4v) is 2.12. The van der Waals surface area contributed by atoms with Crippen molar-refractivity contribution in [2.75, 3.05) is 13.1 Å². The van der Waals surface area contributed by atoms with Crippen molar-refractivity contribution in [2.24, 2.45) is 0 Å². The molecule has 66 valence electrons. The molecule has 1 atom stereocenters. The Balaban J connectivity index is 2.04. The second kappa shape index (κ2) is 2.70. The van der Waals surface area contributed by atoms with Gasteiger partial charge < -0.3 is 0 Å². The van der Waals surface area contributed by atoms with Gasteiger partial charge in [-0.25, -0.2) is 4.39 Å². The predicted octanol–water partition coefficient (Wildman–Crippen LogP) is 1.48. The van der Waals surface area contributed by atoms with Crippen molar-refractivity contribution < 1.29 is 4.39 Å². The lowest BCUT2D eigenvalue weighted by molar-refractivity contribution is 0.0832. The maximum absolute atomic E-state index is 12.8. The standard InChI is InChI=1S/C9H13FN2/c10-8-2-5-12(6-8)9(7-11)3-1-4-9/h8H,1-6H2/t8-/m1/s1. The zero-order chi connectivity index (χ0) is 8.60. The van der Waals surface area contributed by atoms with Crippen molar-refractivity contribution in [3.05, 3.63) is 0 Å². The van der Waals surface area contributed by atoms with Crippen molar-refractivity contribution in [3.8, 4) is 6.07 Å². The van der Waals surface area contributed by atoms with Gasteiger partial charge in [-0.2, -0.15) is 5.26 Å². The first kappa shape index (κ1) is 8.00. The largest absolute Gasteiger partial charge is 0.283 e. The average Bonchev–Trinajstić information content (AvgIpc) is 2.35. The van der Waals surface area contributed by atoms with E-state index in [1.54, 1.807) is 0 Å². The zero-order valence-corrected chi connectivity index (χ0v) is 7.09. The van der Waals surface area contributed by atoms with E-state index in [0.717, 1.165) is 25.8 Å². The molecule has 0 aromatic carbocycles. The SMILES string of the molecule is N#CC1(N2CC[C@@H](F)C2)CCC1. The van der Waals surface area contributed by atoms with E-state index in [4.69, 9.17) is 5.26 Å². The summed E-state index contributed by atoms with van der Waals surface area (Å²) >= 11 is 0. The van der Waals surface area contributed by atoms with Crippen LogP contribution in [0.4, 0.5) is 4.39 Å². The van der Waals surface area contributed by atoms with E-state index in [1.807, 2.05) is 4.90 Å². The number of hydrogen-bond donors (Lipinski definition) is 0. The van der Waals surface area contributed by atoms with Crippen LogP contribution in [0, 0.1) is 11.3 Å². The lowest BCUT2D eigenvalue weighted by atomic mass is 9.77. The molecular formula is C9H13FN2. The lowest BCUT2D eigenvalue weighted by Gasteiger charge is -2.42. The van der Waals surface area contributed by atoms with E-state index in [1.165, 1.54) is 0 Å². The normalized spacial score (nSPS) is 34.2. The summed E-state index contributed by atoms with van der Waals surface area (Å²) in [4.78, 5) is 2.03. The molecule has 1 aliphatic carbocycles. The van der Waals surface area contributed by atoms with E-state index in [9.17, 15) is 4.39 Å². The lowest BCUT2D eigenvalue weighted by Crippen LogP contribution is -2.51. The van der Waals surface area contributed by atoms with Crippen molar-refractivity contribution in [1.29, 1.82) is 5.26 Å². The van der Waals surface area contributed by atoms with Gasteiger partial charge >= 0.3 is 0 Å². The number of nitriles is 1. The molecule has 0 bridgehead atoms. The molecule has 1 heterocycles. The van der Waals surface area contributed by atoms with Gasteiger partial charge in [-0.3, -0.25) is 4.90 Å². The number of alkyl halides is 1. The van der Waals surface area contributed by atoms with Crippen molar-refractivity contribution in [3.63, 3.8) is 0 Å². The summed E-state index contributed by atoms with van der Waals surface area (Å²) in [6, 6.07) is 2.34. The number of hydrogen-bond acceptors (Lipinski definition) is 2. The van der Waals surface area contributed by atoms with E-state index in [2.05, 4.69) is 6.07 Å². The molecule has 3 heteroatoms. The Bertz CT molecular complexity index is 217. The second-order valence-corrected chi connectivity index (χ2v) is 3.83. The van der Waals surface area contributed by atoms with Gasteiger partial charge in [0.1, 0.15) is 11.7 Å². The number of halogens is 1. The highest BCUT2D eigenvalue weighted by atomic mass is 19.1. The Morgan fingerprint density at radius 1 is 1.50 bits per heavy atom. The number of likely N-dealkylation sites (tertiary alicyclic amines) is 1. The third-order valence-corrected chi connectivity index (χ3v) is 3.12. The first-order valence-corrected chi connectivity index (χ1v) is 4.57. The van der Waals surface area contributed by atoms with Gasteiger partial charge in [0, 0.05) is 13.1 Å². The van der Waals surface area contributed by atoms with Crippen LogP contribution in [0.5, 0.6) is 0 Å². The Morgan fingerprint density at radius 2 is 2.25 bits per heavy atom. The quantitative estimate of drug-likeness (QED) is 0.593. The van der Waals surface area contributed by atoms with Crippen LogP contribution in [0.1, 0.15) is 25.7 Å². The van der Waals surface area contributed by atoms with E-state index < -0.39 is 6.17 Å². The minimum Gasteiger partial charge on any atom is -0.283 e. The third-order valence-electron chi connectivity index (χ3n) is 3.12. The summed E-state index contributed by atoms with van der Waals surface area (Å²) < 4.78 is 12.8. The Labute approximate surface area is 72.0 Å². The molecule has 0 N–H and O–H groups in total. The minimum atomic E-state index is -0.698. The third kappa shape index (κ3) is 1.02. The zero-order valence-electron chi connectivity index (χ0n) is 7.09. The highest BCUT2D eigenvalue weighted by molar-refractivity contribution is 5.14. The van der Waals surface area contributed by atoms with Gasteiger partial charge in [-0.05, 0) is 25.7 Å². The highest BCUT2D eigenvalue weighted by Gasteiger charge is 2.45. The molecule has 0 aromatic rings. The molecule has 2 rings (SSSR count). The molecule has 2 nitrogen and oxygen atoms in total. The van der Waals surface area contributed by atoms with Crippen molar-refractivity contribution in [2.45, 2.75) is 37.4 Å². The topological polar surface area (TPSA) is 27.0 Å². The van der Waals surface area contributed by atoms with Crippen LogP contribution in [-0.4, -0.2) is 29.7 Å². The average molecular weight is 168 g/mol. The molecule has 1 aliphatic heterocycles. The van der Waals surface area contributed by atoms with E-state index >= 15 is 0 Å². The molecule has 1 saturated carbocycles. The maximum Gasteiger partial charge on any atom is 0.114 e. The van der Waals surface area contributed by atoms with Gasteiger partial charge in [0.05, 0.1) is 6.07 Å². The first-order valence-electron chi connectivity index (χ1n) is 4.57. The summed E-state index contributed by atoms with van der Waals surface area (Å²) in [7, 11) is 0. The van der Waals surface area contributed by atoms with Gasteiger partial charge in [0.25, 0.3) is 0 Å². The maximum atomic E-state index is 12.8. The smallest absolute Gasteiger partial charge is 0.114 e. The Kier molecular flexibility index (Phi) is 1.80. The first-order chi connectivity index (χ1) is 5.77. The van der Waals surface area contributed by atoms with Crippen molar-refractivity contribution >= 4 is 0 Å². The van der Waals surface area contributed by atoms with Crippen LogP contribution in [-0.2, 0) is 0 Å². The monoisotopic (exact) mass is 168 g/mol. The Morgan fingerprint density at radius 3 is 2.58 bits per heavy atom. The number of rotatable bonds is 1. The van der Waals surface area contributed by atoms with Crippen LogP contribution < -0.4 is 0 Å². The van der Waals surface area contributed by atoms with Gasteiger partial charge in [0.2, 0.25) is 0 Å². The van der Waals surface area contributed by atoms with Gasteiger partial charge in [-0.1, -0.05) is 0 Å².